The largest absolute Gasteiger partial charge is 0.497 e. The molecule has 0 aliphatic carbocycles. The third-order valence-corrected chi connectivity index (χ3v) is 3.40. The second kappa shape index (κ2) is 5.96. The van der Waals surface area contributed by atoms with Gasteiger partial charge in [0, 0.05) is 0 Å². The summed E-state index contributed by atoms with van der Waals surface area (Å²) in [6, 6.07) is 10.1. The minimum Gasteiger partial charge on any atom is -0.497 e. The summed E-state index contributed by atoms with van der Waals surface area (Å²) in [6.07, 6.45) is 0. The summed E-state index contributed by atoms with van der Waals surface area (Å²) in [7, 11) is 1.59. The van der Waals surface area contributed by atoms with Gasteiger partial charge in [-0.1, -0.05) is 0 Å². The lowest BCUT2D eigenvalue weighted by Crippen LogP contribution is -1.97. The van der Waals surface area contributed by atoms with E-state index >= 15 is 0 Å². The average Bonchev–Trinajstić information content (AvgIpc) is 2.42. The van der Waals surface area contributed by atoms with Gasteiger partial charge in [0.15, 0.2) is 0 Å². The fourth-order valence-corrected chi connectivity index (χ4v) is 2.15. The number of halogens is 1. The van der Waals surface area contributed by atoms with Crippen molar-refractivity contribution >= 4 is 21.9 Å². The quantitative estimate of drug-likeness (QED) is 0.906. The topological polar surface area (TPSA) is 55.8 Å². The van der Waals surface area contributed by atoms with Crippen LogP contribution >= 0.6 is 15.9 Å². The minimum atomic E-state index is -0.953. The molecule has 0 unspecified atom stereocenters. The van der Waals surface area contributed by atoms with Crippen molar-refractivity contribution in [3.63, 3.8) is 0 Å². The first-order valence-electron chi connectivity index (χ1n) is 5.86. The van der Waals surface area contributed by atoms with Gasteiger partial charge in [-0.05, 0) is 64.8 Å². The van der Waals surface area contributed by atoms with Crippen molar-refractivity contribution in [2.45, 2.75) is 6.92 Å². The van der Waals surface area contributed by atoms with E-state index in [9.17, 15) is 4.79 Å². The summed E-state index contributed by atoms with van der Waals surface area (Å²) in [6.45, 7) is 1.80. The van der Waals surface area contributed by atoms with Crippen LogP contribution in [-0.2, 0) is 0 Å². The number of carboxylic acids is 1. The van der Waals surface area contributed by atoms with Gasteiger partial charge in [0.1, 0.15) is 17.2 Å². The van der Waals surface area contributed by atoms with Gasteiger partial charge in [-0.2, -0.15) is 0 Å². The van der Waals surface area contributed by atoms with E-state index < -0.39 is 5.97 Å². The van der Waals surface area contributed by atoms with E-state index in [0.29, 0.717) is 11.5 Å². The maximum absolute atomic E-state index is 10.9. The molecule has 20 heavy (non-hydrogen) atoms. The summed E-state index contributed by atoms with van der Waals surface area (Å²) in [4.78, 5) is 10.9. The molecule has 0 saturated carbocycles. The van der Waals surface area contributed by atoms with Crippen molar-refractivity contribution in [1.82, 2.24) is 0 Å². The monoisotopic (exact) mass is 336 g/mol. The van der Waals surface area contributed by atoms with Gasteiger partial charge in [0.25, 0.3) is 0 Å². The molecule has 0 atom stereocenters. The lowest BCUT2D eigenvalue weighted by molar-refractivity contribution is 0.0697. The van der Waals surface area contributed by atoms with Crippen LogP contribution in [0.4, 0.5) is 0 Å². The van der Waals surface area contributed by atoms with Crippen LogP contribution in [-0.4, -0.2) is 18.2 Å². The number of rotatable bonds is 4. The summed E-state index contributed by atoms with van der Waals surface area (Å²) >= 11 is 3.41. The molecule has 0 amide bonds. The number of hydrogen-bond acceptors (Lipinski definition) is 3. The summed E-state index contributed by atoms with van der Waals surface area (Å²) in [5.74, 6) is 1.02. The molecule has 2 aromatic rings. The predicted molar refractivity (Wildman–Crippen MR) is 78.9 cm³/mol. The molecule has 0 aliphatic heterocycles. The zero-order chi connectivity index (χ0) is 14.7. The molecule has 4 nitrogen and oxygen atoms in total. The number of ether oxygens (including phenoxy) is 2. The van der Waals surface area contributed by atoms with Crippen molar-refractivity contribution < 1.29 is 19.4 Å². The Morgan fingerprint density at radius 2 is 1.85 bits per heavy atom. The first-order chi connectivity index (χ1) is 9.51. The molecule has 0 bridgehead atoms. The van der Waals surface area contributed by atoms with E-state index in [1.807, 2.05) is 0 Å². The van der Waals surface area contributed by atoms with Crippen LogP contribution in [0.15, 0.2) is 40.9 Å². The number of methoxy groups -OCH3 is 1. The first-order valence-corrected chi connectivity index (χ1v) is 6.66. The number of aromatic carboxylic acids is 1. The summed E-state index contributed by atoms with van der Waals surface area (Å²) in [5, 5.41) is 8.93. The van der Waals surface area contributed by atoms with Crippen molar-refractivity contribution in [3.8, 4) is 17.2 Å². The highest BCUT2D eigenvalue weighted by Crippen LogP contribution is 2.34. The highest BCUT2D eigenvalue weighted by Gasteiger charge is 2.09. The molecule has 0 heterocycles. The second-order valence-electron chi connectivity index (χ2n) is 4.18. The zero-order valence-corrected chi connectivity index (χ0v) is 12.6. The Balaban J connectivity index is 2.28. The van der Waals surface area contributed by atoms with Gasteiger partial charge in [-0.15, -0.1) is 0 Å². The molecule has 0 radical (unpaired) electrons. The number of carboxylic acid groups (broad SMARTS) is 1. The van der Waals surface area contributed by atoms with Gasteiger partial charge < -0.3 is 14.6 Å². The first kappa shape index (κ1) is 14.4. The van der Waals surface area contributed by atoms with Crippen LogP contribution in [0.3, 0.4) is 0 Å². The van der Waals surface area contributed by atoms with E-state index in [4.69, 9.17) is 14.6 Å². The van der Waals surface area contributed by atoms with Gasteiger partial charge in [-0.3, -0.25) is 0 Å². The third-order valence-electron chi connectivity index (χ3n) is 2.78. The molecule has 2 rings (SSSR count). The summed E-state index contributed by atoms with van der Waals surface area (Å²) in [5.41, 5.74) is 0.997. The van der Waals surface area contributed by atoms with Crippen LogP contribution in [0.25, 0.3) is 0 Å². The van der Waals surface area contributed by atoms with Crippen LogP contribution in [0, 0.1) is 6.92 Å². The third kappa shape index (κ3) is 3.11. The molecular weight excluding hydrogens is 324 g/mol. The molecule has 0 fully saturated rings. The van der Waals surface area contributed by atoms with E-state index in [1.165, 1.54) is 6.07 Å². The van der Waals surface area contributed by atoms with Crippen molar-refractivity contribution in [2.75, 3.05) is 7.11 Å². The van der Waals surface area contributed by atoms with Crippen LogP contribution in [0.2, 0.25) is 0 Å². The van der Waals surface area contributed by atoms with E-state index in [0.717, 1.165) is 15.8 Å². The fraction of sp³-hybridized carbons (Fsp3) is 0.133. The average molecular weight is 337 g/mol. The number of benzene rings is 2. The van der Waals surface area contributed by atoms with E-state index in [-0.39, 0.29) is 5.56 Å². The minimum absolute atomic E-state index is 0.239. The lowest BCUT2D eigenvalue weighted by atomic mass is 10.1. The van der Waals surface area contributed by atoms with Gasteiger partial charge >= 0.3 is 5.97 Å². The Kier molecular flexibility index (Phi) is 4.29. The molecule has 2 aromatic carbocycles. The zero-order valence-electron chi connectivity index (χ0n) is 11.0. The Hall–Kier alpha value is -2.01. The van der Waals surface area contributed by atoms with Gasteiger partial charge in [0.05, 0.1) is 17.1 Å². The molecule has 104 valence electrons. The van der Waals surface area contributed by atoms with Crippen LogP contribution in [0.5, 0.6) is 17.2 Å². The number of carbonyl (C=O) groups is 1. The maximum atomic E-state index is 10.9. The van der Waals surface area contributed by atoms with Crippen molar-refractivity contribution in [1.29, 1.82) is 0 Å². The van der Waals surface area contributed by atoms with Crippen molar-refractivity contribution in [3.05, 3.63) is 52.0 Å². The Morgan fingerprint density at radius 1 is 1.15 bits per heavy atom. The van der Waals surface area contributed by atoms with Gasteiger partial charge in [-0.25, -0.2) is 4.79 Å². The smallest absolute Gasteiger partial charge is 0.335 e. The fourth-order valence-electron chi connectivity index (χ4n) is 1.71. The van der Waals surface area contributed by atoms with Gasteiger partial charge in [0.2, 0.25) is 0 Å². The second-order valence-corrected chi connectivity index (χ2v) is 5.04. The lowest BCUT2D eigenvalue weighted by Gasteiger charge is -2.11. The van der Waals surface area contributed by atoms with E-state index in [2.05, 4.69) is 15.9 Å². The number of aryl methyl sites for hydroxylation is 1. The van der Waals surface area contributed by atoms with Crippen LogP contribution in [0.1, 0.15) is 15.9 Å². The molecule has 0 saturated heterocycles. The summed E-state index contributed by atoms with van der Waals surface area (Å²) < 4.78 is 11.7. The molecule has 5 heteroatoms. The highest BCUT2D eigenvalue weighted by atomic mass is 79.9. The Bertz CT molecular complexity index is 652. The highest BCUT2D eigenvalue weighted by molar-refractivity contribution is 9.10. The number of hydrogen-bond donors (Lipinski definition) is 1. The maximum Gasteiger partial charge on any atom is 0.335 e. The normalized spacial score (nSPS) is 10.2. The molecule has 0 spiro atoms. The Morgan fingerprint density at radius 3 is 2.40 bits per heavy atom. The molecule has 1 N–H and O–H groups in total. The Labute approximate surface area is 125 Å². The SMILES string of the molecule is COc1ccc(Oc2ccc(C(=O)O)cc2C)c(Br)c1. The van der Waals surface area contributed by atoms with Crippen molar-refractivity contribution in [2.24, 2.45) is 0 Å². The predicted octanol–water partition coefficient (Wildman–Crippen LogP) is 4.26. The van der Waals surface area contributed by atoms with E-state index in [1.54, 1.807) is 44.4 Å². The van der Waals surface area contributed by atoms with Crippen LogP contribution < -0.4 is 9.47 Å². The molecular formula is C15H13BrO4. The molecule has 0 aliphatic rings. The standard InChI is InChI=1S/C15H13BrO4/c1-9-7-10(15(17)18)3-5-13(9)20-14-6-4-11(19-2)8-12(14)16/h3-8H,1-2H3,(H,17,18). The molecule has 0 aromatic heterocycles.